The molecule has 0 saturated carbocycles. The molecule has 0 amide bonds. The van der Waals surface area contributed by atoms with Crippen LogP contribution < -0.4 is 5.32 Å². The average molecular weight is 170 g/mol. The first-order valence-electron chi connectivity index (χ1n) is 4.96. The summed E-state index contributed by atoms with van der Waals surface area (Å²) in [6, 6.07) is 0.746. The fourth-order valence-corrected chi connectivity index (χ4v) is 2.27. The normalized spacial score (nSPS) is 36.8. The molecule has 2 atom stereocenters. The molecule has 0 aliphatic carbocycles. The number of hydrogen-bond acceptors (Lipinski definition) is 3. The summed E-state index contributed by atoms with van der Waals surface area (Å²) in [5, 5.41) is 3.42. The molecule has 2 rings (SSSR count). The maximum atomic E-state index is 5.63. The molecule has 0 unspecified atom stereocenters. The van der Waals surface area contributed by atoms with Crippen LogP contribution in [0.15, 0.2) is 0 Å². The van der Waals surface area contributed by atoms with Gasteiger partial charge in [-0.1, -0.05) is 0 Å². The lowest BCUT2D eigenvalue weighted by Crippen LogP contribution is -2.47. The molecule has 0 aromatic carbocycles. The Bertz CT molecular complexity index is 137. The first kappa shape index (κ1) is 8.48. The molecule has 0 radical (unpaired) electrons. The number of fused-ring (bicyclic) bond motifs is 1. The van der Waals surface area contributed by atoms with Crippen molar-refractivity contribution in [1.29, 1.82) is 0 Å². The number of ether oxygens (including phenoxy) is 1. The summed E-state index contributed by atoms with van der Waals surface area (Å²) in [4.78, 5) is 2.55. The van der Waals surface area contributed by atoms with Gasteiger partial charge in [-0.15, -0.1) is 0 Å². The largest absolute Gasteiger partial charge is 0.377 e. The van der Waals surface area contributed by atoms with Gasteiger partial charge in [-0.3, -0.25) is 4.90 Å². The van der Waals surface area contributed by atoms with Gasteiger partial charge in [0.2, 0.25) is 0 Å². The molecular formula is C9H18N2O. The lowest BCUT2D eigenvalue weighted by atomic mass is 10.2. The predicted molar refractivity (Wildman–Crippen MR) is 48.3 cm³/mol. The van der Waals surface area contributed by atoms with Crippen molar-refractivity contribution in [2.45, 2.75) is 25.5 Å². The summed E-state index contributed by atoms with van der Waals surface area (Å²) in [6.07, 6.45) is 1.72. The molecule has 3 nitrogen and oxygen atoms in total. The third kappa shape index (κ3) is 1.63. The highest BCUT2D eigenvalue weighted by atomic mass is 16.5. The topological polar surface area (TPSA) is 24.5 Å². The Hall–Kier alpha value is -0.120. The van der Waals surface area contributed by atoms with Crippen LogP contribution in [-0.2, 0) is 4.74 Å². The molecule has 70 valence electrons. The third-order valence-corrected chi connectivity index (χ3v) is 2.85. The van der Waals surface area contributed by atoms with Crippen molar-refractivity contribution in [3.63, 3.8) is 0 Å². The van der Waals surface area contributed by atoms with Gasteiger partial charge in [-0.2, -0.15) is 0 Å². The molecule has 0 aromatic rings. The molecule has 0 bridgehead atoms. The van der Waals surface area contributed by atoms with Crippen LogP contribution in [-0.4, -0.2) is 49.8 Å². The highest BCUT2D eigenvalue weighted by Gasteiger charge is 2.33. The van der Waals surface area contributed by atoms with E-state index >= 15 is 0 Å². The molecule has 2 fully saturated rings. The van der Waals surface area contributed by atoms with E-state index in [1.165, 1.54) is 13.0 Å². The number of nitrogens with zero attached hydrogens (tertiary/aromatic N) is 1. The van der Waals surface area contributed by atoms with Crippen molar-refractivity contribution in [1.82, 2.24) is 10.2 Å². The molecule has 0 spiro atoms. The Balaban J connectivity index is 1.85. The second-order valence-corrected chi connectivity index (χ2v) is 3.67. The van der Waals surface area contributed by atoms with Crippen molar-refractivity contribution in [3.05, 3.63) is 0 Å². The van der Waals surface area contributed by atoms with Crippen LogP contribution in [0.1, 0.15) is 13.3 Å². The smallest absolute Gasteiger partial charge is 0.0717 e. The summed E-state index contributed by atoms with van der Waals surface area (Å²) in [5.41, 5.74) is 0. The van der Waals surface area contributed by atoms with Gasteiger partial charge in [-0.25, -0.2) is 0 Å². The van der Waals surface area contributed by atoms with E-state index in [9.17, 15) is 0 Å². The van der Waals surface area contributed by atoms with Crippen LogP contribution in [0.4, 0.5) is 0 Å². The van der Waals surface area contributed by atoms with Crippen LogP contribution in [0.5, 0.6) is 0 Å². The maximum Gasteiger partial charge on any atom is 0.0717 e. The molecule has 1 N–H and O–H groups in total. The highest BCUT2D eigenvalue weighted by molar-refractivity contribution is 4.90. The van der Waals surface area contributed by atoms with Crippen molar-refractivity contribution < 1.29 is 4.74 Å². The SMILES string of the molecule is CCO[C@@H]1C[C@H]2CNCCN2C1. The number of nitrogens with one attached hydrogen (secondary N) is 1. The standard InChI is InChI=1S/C9H18N2O/c1-2-12-9-5-8-6-10-3-4-11(8)7-9/h8-10H,2-7H2,1H3/t8-,9+/m0/s1. The molecule has 0 aromatic heterocycles. The average Bonchev–Trinajstić information content (AvgIpc) is 2.47. The van der Waals surface area contributed by atoms with Crippen molar-refractivity contribution in [2.24, 2.45) is 0 Å². The summed E-state index contributed by atoms with van der Waals surface area (Å²) in [5.74, 6) is 0. The maximum absolute atomic E-state index is 5.63. The molecule has 2 aliphatic rings. The summed E-state index contributed by atoms with van der Waals surface area (Å²) >= 11 is 0. The highest BCUT2D eigenvalue weighted by Crippen LogP contribution is 2.20. The Morgan fingerprint density at radius 3 is 3.25 bits per heavy atom. The molecular weight excluding hydrogens is 152 g/mol. The van der Waals surface area contributed by atoms with Crippen LogP contribution in [0, 0.1) is 0 Å². The monoisotopic (exact) mass is 170 g/mol. The zero-order valence-corrected chi connectivity index (χ0v) is 7.75. The number of piperazine rings is 1. The predicted octanol–water partition coefficient (Wildman–Crippen LogP) is 0.0690. The first-order chi connectivity index (χ1) is 5.90. The van der Waals surface area contributed by atoms with Gasteiger partial charge in [-0.05, 0) is 13.3 Å². The quantitative estimate of drug-likeness (QED) is 0.634. The molecule has 3 heteroatoms. The van der Waals surface area contributed by atoms with Crippen LogP contribution in [0.3, 0.4) is 0 Å². The van der Waals surface area contributed by atoms with E-state index < -0.39 is 0 Å². The van der Waals surface area contributed by atoms with Crippen LogP contribution in [0.2, 0.25) is 0 Å². The Kier molecular flexibility index (Phi) is 2.63. The van der Waals surface area contributed by atoms with E-state index in [2.05, 4.69) is 17.1 Å². The summed E-state index contributed by atoms with van der Waals surface area (Å²) in [7, 11) is 0. The fourth-order valence-electron chi connectivity index (χ4n) is 2.27. The van der Waals surface area contributed by atoms with E-state index in [4.69, 9.17) is 4.74 Å². The third-order valence-electron chi connectivity index (χ3n) is 2.85. The Morgan fingerprint density at radius 2 is 2.50 bits per heavy atom. The van der Waals surface area contributed by atoms with Gasteiger partial charge in [0.1, 0.15) is 0 Å². The Labute approximate surface area is 74.1 Å². The minimum atomic E-state index is 0.500. The van der Waals surface area contributed by atoms with Crippen molar-refractivity contribution in [3.8, 4) is 0 Å². The minimum absolute atomic E-state index is 0.500. The van der Waals surface area contributed by atoms with Crippen LogP contribution >= 0.6 is 0 Å². The molecule has 2 heterocycles. The fraction of sp³-hybridized carbons (Fsp3) is 1.00. The van der Waals surface area contributed by atoms with Gasteiger partial charge in [0.25, 0.3) is 0 Å². The van der Waals surface area contributed by atoms with E-state index in [1.54, 1.807) is 0 Å². The van der Waals surface area contributed by atoms with Crippen molar-refractivity contribution >= 4 is 0 Å². The number of hydrogen-bond donors (Lipinski definition) is 1. The van der Waals surface area contributed by atoms with Crippen LogP contribution in [0.25, 0.3) is 0 Å². The van der Waals surface area contributed by atoms with E-state index in [0.717, 1.165) is 32.3 Å². The van der Waals surface area contributed by atoms with Gasteiger partial charge in [0, 0.05) is 38.8 Å². The van der Waals surface area contributed by atoms with Gasteiger partial charge in [0.05, 0.1) is 6.10 Å². The summed E-state index contributed by atoms with van der Waals surface area (Å²) < 4.78 is 5.63. The zero-order valence-electron chi connectivity index (χ0n) is 7.75. The van der Waals surface area contributed by atoms with Gasteiger partial charge in [0.15, 0.2) is 0 Å². The van der Waals surface area contributed by atoms with E-state index in [0.29, 0.717) is 6.10 Å². The minimum Gasteiger partial charge on any atom is -0.377 e. The van der Waals surface area contributed by atoms with E-state index in [1.807, 2.05) is 0 Å². The second kappa shape index (κ2) is 3.73. The second-order valence-electron chi connectivity index (χ2n) is 3.67. The van der Waals surface area contributed by atoms with Gasteiger partial charge >= 0.3 is 0 Å². The number of rotatable bonds is 2. The lowest BCUT2D eigenvalue weighted by Gasteiger charge is -2.29. The van der Waals surface area contributed by atoms with Gasteiger partial charge < -0.3 is 10.1 Å². The Morgan fingerprint density at radius 1 is 1.58 bits per heavy atom. The van der Waals surface area contributed by atoms with E-state index in [-0.39, 0.29) is 0 Å². The zero-order chi connectivity index (χ0) is 8.39. The first-order valence-corrected chi connectivity index (χ1v) is 4.96. The molecule has 12 heavy (non-hydrogen) atoms. The lowest BCUT2D eigenvalue weighted by molar-refractivity contribution is 0.0691. The molecule has 2 aliphatic heterocycles. The molecule has 2 saturated heterocycles. The van der Waals surface area contributed by atoms with Crippen molar-refractivity contribution in [2.75, 3.05) is 32.8 Å². The summed E-state index contributed by atoms with van der Waals surface area (Å²) in [6.45, 7) is 7.60.